The summed E-state index contributed by atoms with van der Waals surface area (Å²) in [5.74, 6) is 0.682. The van der Waals surface area contributed by atoms with E-state index in [4.69, 9.17) is 18.6 Å². The minimum atomic E-state index is -2.16. The Balaban J connectivity index is 0.000000231. The maximum atomic E-state index is 14.4. The lowest BCUT2D eigenvalue weighted by molar-refractivity contribution is -0.135. The number of nitrogens with one attached hydrogen (secondary N) is 6. The molecule has 10 atom stereocenters. The van der Waals surface area contributed by atoms with E-state index in [1.807, 2.05) is 38.1 Å². The molecule has 6 aliphatic rings. The van der Waals surface area contributed by atoms with Crippen molar-refractivity contribution in [1.82, 2.24) is 30.4 Å². The summed E-state index contributed by atoms with van der Waals surface area (Å²) in [5.41, 5.74) is 10.4. The van der Waals surface area contributed by atoms with Gasteiger partial charge in [-0.2, -0.15) is 0 Å². The summed E-state index contributed by atoms with van der Waals surface area (Å²) in [5, 5.41) is 34.9. The molecule has 630 valence electrons. The van der Waals surface area contributed by atoms with Gasteiger partial charge in [-0.05, 0) is 249 Å². The third-order valence-corrected chi connectivity index (χ3v) is 30.3. The average Bonchev–Trinajstić information content (AvgIpc) is 1.62. The number of allylic oxidation sites excluding steroid dienone is 4. The van der Waals surface area contributed by atoms with Gasteiger partial charge < -0.3 is 69.9 Å². The molecular formula is C96H130N8O12Si. The maximum absolute atomic E-state index is 14.4. The number of rotatable bonds is 26. The molecule has 2 fully saturated rings. The number of anilines is 2. The standard InChI is InChI=1S/C52H74N4O5Si.C44H56N4O7/c1-10-56(11-2)30-29-53-51(59)49-36(4)54-46-34-43-42-33-39(26-28-45(42)55-50(43)58)60-48(57)22-18-13-12-17-21-40-38(31-44(46)49)32-47(61-62(8,9)52(5,6)7)41(40)27-24-35(3)23-25-37-19-15-14-16-20-37;1-4-48(5-2)24-23-45-44(53)41-28(3)46-37-26-35-34-25-31(20-22-36(34)47-43(35)52)54-40(51)16-12-7-6-11-15-33-32(38(50)27-39(33)55-42(37)41)21-19-30(49)18-17-29-13-9-8-10-14-29/h12,14-17,19-20,26,28,33-35,38,40-41,47,54H,10-11,13,18,21-25,27,29-32H2,1-9H3,(H,53,59)(H,55,58);6,8-11,13-14,20,22,25-26,30,32-33,38-39,46,49-50H,4-5,7,12,15-19,21,23-24,27H2,1-3H3,(H,45,53)(H,47,52)/b17-12-,43-34-;11-6-,35-26-/t35-,38+,40+,41-,47-;30-,32-,33-,38-,39+/m11/s1. The highest BCUT2D eigenvalue weighted by Gasteiger charge is 2.49. The number of hydrogen-bond donors (Lipinski definition) is 8. The molecule has 4 amide bonds. The number of ether oxygens (including phenoxy) is 3. The van der Waals surface area contributed by atoms with E-state index in [2.05, 4.69) is 176 Å². The summed E-state index contributed by atoms with van der Waals surface area (Å²) >= 11 is 0. The second-order valence-electron chi connectivity index (χ2n) is 34.7. The van der Waals surface area contributed by atoms with Crippen LogP contribution in [-0.4, -0.2) is 151 Å². The van der Waals surface area contributed by atoms with Gasteiger partial charge in [0.1, 0.15) is 23.2 Å². The summed E-state index contributed by atoms with van der Waals surface area (Å²) in [7, 11) is -2.16. The van der Waals surface area contributed by atoms with E-state index in [0.717, 1.165) is 101 Å². The van der Waals surface area contributed by atoms with E-state index >= 15 is 0 Å². The number of aromatic nitrogens is 2. The van der Waals surface area contributed by atoms with Gasteiger partial charge >= 0.3 is 11.9 Å². The zero-order chi connectivity index (χ0) is 83.5. The van der Waals surface area contributed by atoms with Gasteiger partial charge in [0.15, 0.2) is 14.1 Å². The highest BCUT2D eigenvalue weighted by Crippen LogP contribution is 2.51. The third kappa shape index (κ3) is 23.3. The molecule has 4 bridgehead atoms. The third-order valence-electron chi connectivity index (χ3n) is 25.8. The first-order valence-electron chi connectivity index (χ1n) is 43.5. The largest absolute Gasteiger partial charge is 0.487 e. The van der Waals surface area contributed by atoms with Crippen molar-refractivity contribution in [3.05, 3.63) is 183 Å². The minimum absolute atomic E-state index is 0.0599. The van der Waals surface area contributed by atoms with Crippen LogP contribution in [-0.2, 0) is 42.9 Å². The van der Waals surface area contributed by atoms with Crippen molar-refractivity contribution >= 4 is 78.6 Å². The molecule has 4 aliphatic heterocycles. The smallest absolute Gasteiger partial charge is 0.311 e. The van der Waals surface area contributed by atoms with Crippen molar-refractivity contribution in [3.8, 4) is 17.2 Å². The van der Waals surface area contributed by atoms with Crippen molar-refractivity contribution in [2.24, 2.45) is 35.5 Å². The van der Waals surface area contributed by atoms with Gasteiger partial charge in [0.25, 0.3) is 23.6 Å². The summed E-state index contributed by atoms with van der Waals surface area (Å²) in [6, 6.07) is 31.3. The van der Waals surface area contributed by atoms with Gasteiger partial charge in [0.05, 0.1) is 34.6 Å². The Labute approximate surface area is 695 Å². The van der Waals surface area contributed by atoms with Crippen molar-refractivity contribution in [2.75, 3.05) is 63.0 Å². The number of likely N-dealkylation sites (N-methyl/N-ethyl adjacent to an activating group) is 2. The number of aryl methyl sites for hydroxylation is 4. The Kier molecular flexibility index (Phi) is 31.6. The molecule has 0 saturated heterocycles. The predicted molar refractivity (Wildman–Crippen MR) is 470 cm³/mol. The van der Waals surface area contributed by atoms with E-state index < -0.39 is 26.6 Å². The van der Waals surface area contributed by atoms with Crippen LogP contribution in [0.4, 0.5) is 11.4 Å². The van der Waals surface area contributed by atoms with E-state index in [9.17, 15) is 39.0 Å². The highest BCUT2D eigenvalue weighted by atomic mass is 28.4. The number of benzene rings is 4. The average molecular weight is 1620 g/mol. The molecule has 0 radical (unpaired) electrons. The Hall–Kier alpha value is -8.96. The number of nitrogens with zero attached hydrogens (tertiary/aromatic N) is 2. The monoisotopic (exact) mass is 1610 g/mol. The van der Waals surface area contributed by atoms with Crippen LogP contribution in [0.5, 0.6) is 17.2 Å². The van der Waals surface area contributed by atoms with Crippen molar-refractivity contribution < 1.29 is 57.6 Å². The molecule has 6 heterocycles. The van der Waals surface area contributed by atoms with Crippen molar-refractivity contribution in [3.63, 3.8) is 0 Å². The van der Waals surface area contributed by atoms with E-state index in [1.165, 1.54) is 11.1 Å². The van der Waals surface area contributed by atoms with Crippen molar-refractivity contribution in [1.29, 1.82) is 0 Å². The molecule has 2 aromatic heterocycles. The maximum Gasteiger partial charge on any atom is 0.311 e. The number of amides is 4. The number of carbonyl (C=O) groups is 6. The first-order chi connectivity index (χ1) is 56.2. The molecular weight excluding hydrogens is 1490 g/mol. The zero-order valence-corrected chi connectivity index (χ0v) is 72.4. The first-order valence-corrected chi connectivity index (χ1v) is 46.4. The van der Waals surface area contributed by atoms with Gasteiger partial charge in [-0.3, -0.25) is 28.8 Å². The molecule has 2 aliphatic carbocycles. The predicted octanol–water partition coefficient (Wildman–Crippen LogP) is 17.6. The number of aliphatic hydroxyl groups excluding tert-OH is 2. The first kappa shape index (κ1) is 88.8. The minimum Gasteiger partial charge on any atom is -0.487 e. The SMILES string of the molecule is CCN(CC)CCNC(=O)c1c(C)[nH]c2c1C[C@H]1C[C@@H](O[Si](C)(C)C(C)(C)C)[C@H](CC[C@H](C)CCc3ccccc3)[C@H]1C/C=C\CCCC(=O)Oc1ccc3c(c1)/C(=C/2)C(=O)N3.CCN(CC)CCNC(=O)c1c(C)[nH]c2c1O[C@H]1C[C@@H](O)[C@H](CC[C@H](O)CCc3ccccc3)[C@H]1C/C=C\CCCC(=O)Oc1ccc3c(c1)/C(=C/2)C(=O)N3. The Morgan fingerprint density at radius 1 is 0.624 bits per heavy atom. The van der Waals surface area contributed by atoms with Gasteiger partial charge in [-0.15, -0.1) is 0 Å². The number of fused-ring (bicyclic) bond motifs is 6. The van der Waals surface area contributed by atoms with Crippen LogP contribution in [0.3, 0.4) is 0 Å². The number of H-pyrrole nitrogens is 2. The lowest BCUT2D eigenvalue weighted by Crippen LogP contribution is -2.45. The number of hydrogen-bond acceptors (Lipinski definition) is 14. The fourth-order valence-corrected chi connectivity index (χ4v) is 19.2. The Bertz CT molecular complexity index is 4510. The van der Waals surface area contributed by atoms with E-state index in [1.54, 1.807) is 42.5 Å². The van der Waals surface area contributed by atoms with Crippen LogP contribution >= 0.6 is 0 Å². The molecule has 21 heteroatoms. The second kappa shape index (κ2) is 41.6. The molecule has 20 nitrogen and oxygen atoms in total. The van der Waals surface area contributed by atoms with E-state index in [-0.39, 0.29) is 70.9 Å². The molecule has 4 aromatic carbocycles. The lowest BCUT2D eigenvalue weighted by Gasteiger charge is -2.40. The van der Waals surface area contributed by atoms with Crippen LogP contribution in [0, 0.1) is 49.4 Å². The summed E-state index contributed by atoms with van der Waals surface area (Å²) in [6.45, 7) is 32.4. The van der Waals surface area contributed by atoms with Crippen LogP contribution in [0.25, 0.3) is 23.3 Å². The van der Waals surface area contributed by atoms with Crippen LogP contribution in [0.15, 0.2) is 121 Å². The van der Waals surface area contributed by atoms with Crippen molar-refractivity contribution in [2.45, 2.75) is 234 Å². The number of aromatic amines is 2. The number of esters is 2. The van der Waals surface area contributed by atoms with Crippen LogP contribution in [0.1, 0.15) is 229 Å². The molecule has 12 rings (SSSR count). The molecule has 117 heavy (non-hydrogen) atoms. The van der Waals surface area contributed by atoms with Gasteiger partial charge in [-0.1, -0.05) is 147 Å². The second-order valence-corrected chi connectivity index (χ2v) is 39.5. The van der Waals surface area contributed by atoms with Crippen LogP contribution < -0.4 is 35.5 Å². The van der Waals surface area contributed by atoms with Gasteiger partial charge in [0, 0.05) is 97.0 Å². The highest BCUT2D eigenvalue weighted by molar-refractivity contribution is 6.74. The summed E-state index contributed by atoms with van der Waals surface area (Å²) in [6.07, 6.45) is 24.5. The molecule has 6 aromatic rings. The molecule has 2 saturated carbocycles. The van der Waals surface area contributed by atoms with Crippen LogP contribution in [0.2, 0.25) is 18.1 Å². The number of carbonyl (C=O) groups excluding carboxylic acids is 6. The van der Waals surface area contributed by atoms with Gasteiger partial charge in [0.2, 0.25) is 0 Å². The topological polar surface area (TPSA) is 266 Å². The summed E-state index contributed by atoms with van der Waals surface area (Å²) in [4.78, 5) is 92.8. The quantitative estimate of drug-likeness (QED) is 0.0109. The molecule has 0 unspecified atom stereocenters. The molecule has 8 N–H and O–H groups in total. The Morgan fingerprint density at radius 3 is 1.68 bits per heavy atom. The molecule has 0 spiro atoms. The lowest BCUT2D eigenvalue weighted by atomic mass is 9.79. The normalized spacial score (nSPS) is 23.0. The van der Waals surface area contributed by atoms with Gasteiger partial charge in [-0.25, -0.2) is 0 Å². The fraction of sp³-hybridized carbons (Fsp3) is 0.521. The Morgan fingerprint density at radius 2 is 1.13 bits per heavy atom. The fourth-order valence-electron chi connectivity index (χ4n) is 17.8. The zero-order valence-electron chi connectivity index (χ0n) is 71.4. The number of aliphatic hydroxyl groups is 2. The van der Waals surface area contributed by atoms with E-state index in [0.29, 0.717) is 175 Å². The summed E-state index contributed by atoms with van der Waals surface area (Å²) < 4.78 is 25.9.